The summed E-state index contributed by atoms with van der Waals surface area (Å²) in [5.74, 6) is -0.593. The van der Waals surface area contributed by atoms with E-state index in [-0.39, 0.29) is 4.90 Å². The SMILES string of the molecule is CC(C)NCC(O)CSc1cc(F)ccc1F. The van der Waals surface area contributed by atoms with Gasteiger partial charge in [-0.1, -0.05) is 13.8 Å². The Balaban J connectivity index is 2.41. The Bertz CT molecular complexity index is 360. The summed E-state index contributed by atoms with van der Waals surface area (Å²) in [6.45, 7) is 4.40. The molecule has 0 spiro atoms. The third-order valence-corrected chi connectivity index (χ3v) is 3.26. The Morgan fingerprint density at radius 2 is 2.06 bits per heavy atom. The van der Waals surface area contributed by atoms with Gasteiger partial charge in [-0.3, -0.25) is 0 Å². The lowest BCUT2D eigenvalue weighted by Gasteiger charge is -2.13. The monoisotopic (exact) mass is 261 g/mol. The number of nitrogens with one attached hydrogen (secondary N) is 1. The molecule has 1 aromatic rings. The Hall–Kier alpha value is -0.650. The van der Waals surface area contributed by atoms with Crippen LogP contribution in [0.4, 0.5) is 8.78 Å². The van der Waals surface area contributed by atoms with Crippen molar-refractivity contribution in [2.24, 2.45) is 0 Å². The molecule has 0 aliphatic heterocycles. The van der Waals surface area contributed by atoms with E-state index in [4.69, 9.17) is 0 Å². The van der Waals surface area contributed by atoms with E-state index in [1.807, 2.05) is 13.8 Å². The Morgan fingerprint density at radius 3 is 2.71 bits per heavy atom. The van der Waals surface area contributed by atoms with Crippen LogP contribution in [0.2, 0.25) is 0 Å². The molecule has 0 amide bonds. The molecule has 0 fully saturated rings. The molecular weight excluding hydrogens is 244 g/mol. The maximum Gasteiger partial charge on any atom is 0.136 e. The molecule has 1 unspecified atom stereocenters. The van der Waals surface area contributed by atoms with Crippen molar-refractivity contribution < 1.29 is 13.9 Å². The zero-order valence-electron chi connectivity index (χ0n) is 9.91. The summed E-state index contributed by atoms with van der Waals surface area (Å²) in [7, 11) is 0. The number of benzene rings is 1. The van der Waals surface area contributed by atoms with E-state index in [0.717, 1.165) is 30.0 Å². The first kappa shape index (κ1) is 14.4. The van der Waals surface area contributed by atoms with Crippen LogP contribution in [0.1, 0.15) is 13.8 Å². The maximum atomic E-state index is 13.2. The number of rotatable bonds is 6. The Kier molecular flexibility index (Phi) is 5.88. The normalized spacial score (nSPS) is 13.1. The van der Waals surface area contributed by atoms with Crippen molar-refractivity contribution in [3.05, 3.63) is 29.8 Å². The van der Waals surface area contributed by atoms with Crippen LogP contribution in [-0.4, -0.2) is 29.5 Å². The predicted molar refractivity (Wildman–Crippen MR) is 66.2 cm³/mol. The first-order valence-corrected chi connectivity index (χ1v) is 6.47. The van der Waals surface area contributed by atoms with Gasteiger partial charge >= 0.3 is 0 Å². The zero-order chi connectivity index (χ0) is 12.8. The number of hydrogen-bond donors (Lipinski definition) is 2. The lowest BCUT2D eigenvalue weighted by Crippen LogP contribution is -2.33. The molecule has 0 saturated heterocycles. The van der Waals surface area contributed by atoms with Crippen LogP contribution in [0.3, 0.4) is 0 Å². The second kappa shape index (κ2) is 6.93. The fourth-order valence-corrected chi connectivity index (χ4v) is 2.10. The summed E-state index contributed by atoms with van der Waals surface area (Å²) in [4.78, 5) is 0.230. The molecule has 5 heteroatoms. The van der Waals surface area contributed by atoms with Crippen molar-refractivity contribution >= 4 is 11.8 Å². The van der Waals surface area contributed by atoms with Gasteiger partial charge in [-0.25, -0.2) is 8.78 Å². The molecule has 96 valence electrons. The summed E-state index contributed by atoms with van der Waals surface area (Å²) in [6.07, 6.45) is -0.579. The van der Waals surface area contributed by atoms with Gasteiger partial charge < -0.3 is 10.4 Å². The summed E-state index contributed by atoms with van der Waals surface area (Å²) in [6, 6.07) is 3.61. The Morgan fingerprint density at radius 1 is 1.35 bits per heavy atom. The molecule has 2 N–H and O–H groups in total. The summed E-state index contributed by atoms with van der Waals surface area (Å²) in [5.41, 5.74) is 0. The fourth-order valence-electron chi connectivity index (χ4n) is 1.20. The molecule has 0 aliphatic rings. The lowest BCUT2D eigenvalue weighted by atomic mass is 10.3. The number of thioether (sulfide) groups is 1. The highest BCUT2D eigenvalue weighted by Gasteiger charge is 2.09. The van der Waals surface area contributed by atoms with Gasteiger partial charge in [0.1, 0.15) is 11.6 Å². The van der Waals surface area contributed by atoms with E-state index in [1.165, 1.54) is 0 Å². The quantitative estimate of drug-likeness (QED) is 0.771. The largest absolute Gasteiger partial charge is 0.391 e. The van der Waals surface area contributed by atoms with E-state index in [9.17, 15) is 13.9 Å². The van der Waals surface area contributed by atoms with Crippen LogP contribution in [0, 0.1) is 11.6 Å². The van der Waals surface area contributed by atoms with Gasteiger partial charge in [-0.2, -0.15) is 0 Å². The molecule has 0 saturated carbocycles. The van der Waals surface area contributed by atoms with Gasteiger partial charge in [0.2, 0.25) is 0 Å². The van der Waals surface area contributed by atoms with Gasteiger partial charge in [0.15, 0.2) is 0 Å². The molecule has 2 nitrogen and oxygen atoms in total. The highest BCUT2D eigenvalue weighted by atomic mass is 32.2. The fraction of sp³-hybridized carbons (Fsp3) is 0.500. The van der Waals surface area contributed by atoms with Gasteiger partial charge in [-0.05, 0) is 18.2 Å². The van der Waals surface area contributed by atoms with Crippen LogP contribution in [0.25, 0.3) is 0 Å². The van der Waals surface area contributed by atoms with Crippen molar-refractivity contribution in [2.45, 2.75) is 30.9 Å². The van der Waals surface area contributed by atoms with Crippen molar-refractivity contribution in [1.29, 1.82) is 0 Å². The van der Waals surface area contributed by atoms with E-state index < -0.39 is 17.7 Å². The molecule has 1 atom stereocenters. The van der Waals surface area contributed by atoms with Crippen LogP contribution in [0.15, 0.2) is 23.1 Å². The molecule has 17 heavy (non-hydrogen) atoms. The minimum Gasteiger partial charge on any atom is -0.391 e. The van der Waals surface area contributed by atoms with Crippen molar-refractivity contribution in [1.82, 2.24) is 5.32 Å². The predicted octanol–water partition coefficient (Wildman–Crippen LogP) is 2.42. The molecule has 0 radical (unpaired) electrons. The highest BCUT2D eigenvalue weighted by molar-refractivity contribution is 7.99. The molecule has 1 aromatic carbocycles. The van der Waals surface area contributed by atoms with Crippen LogP contribution < -0.4 is 5.32 Å². The number of aliphatic hydroxyl groups excluding tert-OH is 1. The zero-order valence-corrected chi connectivity index (χ0v) is 10.7. The average Bonchev–Trinajstić information content (AvgIpc) is 2.27. The first-order valence-electron chi connectivity index (χ1n) is 5.48. The summed E-state index contributed by atoms with van der Waals surface area (Å²) >= 11 is 1.12. The topological polar surface area (TPSA) is 32.3 Å². The Labute approximate surface area is 104 Å². The molecule has 0 aliphatic carbocycles. The summed E-state index contributed by atoms with van der Waals surface area (Å²) < 4.78 is 26.1. The number of aliphatic hydroxyl groups is 1. The molecule has 0 aromatic heterocycles. The second-order valence-corrected chi connectivity index (χ2v) is 5.16. The van der Waals surface area contributed by atoms with Crippen LogP contribution >= 0.6 is 11.8 Å². The summed E-state index contributed by atoms with van der Waals surface area (Å²) in [5, 5.41) is 12.7. The highest BCUT2D eigenvalue weighted by Crippen LogP contribution is 2.23. The van der Waals surface area contributed by atoms with E-state index in [2.05, 4.69) is 5.32 Å². The molecule has 1 rings (SSSR count). The third kappa shape index (κ3) is 5.48. The minimum absolute atomic E-state index is 0.230. The van der Waals surface area contributed by atoms with Crippen LogP contribution in [-0.2, 0) is 0 Å². The van der Waals surface area contributed by atoms with Crippen molar-refractivity contribution in [2.75, 3.05) is 12.3 Å². The lowest BCUT2D eigenvalue weighted by molar-refractivity contribution is 0.192. The molecular formula is C12H17F2NOS. The van der Waals surface area contributed by atoms with Crippen molar-refractivity contribution in [3.8, 4) is 0 Å². The number of hydrogen-bond acceptors (Lipinski definition) is 3. The second-order valence-electron chi connectivity index (χ2n) is 4.10. The smallest absolute Gasteiger partial charge is 0.136 e. The average molecular weight is 261 g/mol. The van der Waals surface area contributed by atoms with Gasteiger partial charge in [0.25, 0.3) is 0 Å². The van der Waals surface area contributed by atoms with Gasteiger partial charge in [-0.15, -0.1) is 11.8 Å². The first-order chi connectivity index (χ1) is 7.99. The van der Waals surface area contributed by atoms with Gasteiger partial charge in [0.05, 0.1) is 6.10 Å². The van der Waals surface area contributed by atoms with E-state index in [0.29, 0.717) is 18.3 Å². The third-order valence-electron chi connectivity index (χ3n) is 2.09. The maximum absolute atomic E-state index is 13.2. The van der Waals surface area contributed by atoms with Crippen molar-refractivity contribution in [3.63, 3.8) is 0 Å². The number of halogens is 2. The molecule has 0 heterocycles. The van der Waals surface area contributed by atoms with E-state index >= 15 is 0 Å². The van der Waals surface area contributed by atoms with E-state index in [1.54, 1.807) is 0 Å². The molecule has 0 bridgehead atoms. The van der Waals surface area contributed by atoms with Gasteiger partial charge in [0, 0.05) is 23.2 Å². The standard InChI is InChI=1S/C12H17F2NOS/c1-8(2)15-6-10(16)7-17-12-5-9(13)3-4-11(12)14/h3-5,8,10,15-16H,6-7H2,1-2H3. The minimum atomic E-state index is -0.579. The van der Waals surface area contributed by atoms with Crippen LogP contribution in [0.5, 0.6) is 0 Å².